The van der Waals surface area contributed by atoms with Gasteiger partial charge in [0.1, 0.15) is 0 Å². The normalized spacial score (nSPS) is 21.9. The van der Waals surface area contributed by atoms with Gasteiger partial charge in [-0.05, 0) is 46.0 Å². The molecule has 1 aliphatic heterocycles. The fourth-order valence-corrected chi connectivity index (χ4v) is 3.53. The van der Waals surface area contributed by atoms with Crippen LogP contribution in [0.15, 0.2) is 24.3 Å². The van der Waals surface area contributed by atoms with Crippen LogP contribution in [0.25, 0.3) is 10.9 Å². The van der Waals surface area contributed by atoms with Gasteiger partial charge in [0.25, 0.3) is 0 Å². The Labute approximate surface area is 125 Å². The number of fused-ring (bicyclic) bond motifs is 3. The Kier molecular flexibility index (Phi) is 3.49. The topological polar surface area (TPSA) is 39.3 Å². The average molecular weight is 285 g/mol. The summed E-state index contributed by atoms with van der Waals surface area (Å²) in [7, 11) is 3.87. The number of rotatable bonds is 2. The highest BCUT2D eigenvalue weighted by molar-refractivity contribution is 5.86. The van der Waals surface area contributed by atoms with Crippen molar-refractivity contribution in [3.63, 3.8) is 0 Å². The van der Waals surface area contributed by atoms with Gasteiger partial charge in [-0.1, -0.05) is 18.2 Å². The number of hydrogen-bond acceptors (Lipinski definition) is 2. The van der Waals surface area contributed by atoms with Gasteiger partial charge in [0.05, 0.1) is 12.6 Å². The molecule has 1 aromatic heterocycles. The van der Waals surface area contributed by atoms with Crippen molar-refractivity contribution in [2.45, 2.75) is 32.4 Å². The van der Waals surface area contributed by atoms with Crippen molar-refractivity contribution >= 4 is 16.8 Å². The first-order valence-corrected chi connectivity index (χ1v) is 7.54. The maximum absolute atomic E-state index is 12.5. The van der Waals surface area contributed by atoms with E-state index in [9.17, 15) is 4.79 Å². The summed E-state index contributed by atoms with van der Waals surface area (Å²) in [5.41, 5.74) is 3.74. The third kappa shape index (κ3) is 2.33. The molecule has 2 aromatic rings. The Morgan fingerprint density at radius 1 is 1.33 bits per heavy atom. The highest BCUT2D eigenvalue weighted by atomic mass is 16.2. The van der Waals surface area contributed by atoms with Crippen LogP contribution in [0.4, 0.5) is 0 Å². The minimum Gasteiger partial charge on any atom is -0.356 e. The summed E-state index contributed by atoms with van der Waals surface area (Å²) in [4.78, 5) is 20.0. The van der Waals surface area contributed by atoms with Gasteiger partial charge in [-0.2, -0.15) is 0 Å². The molecule has 1 N–H and O–H groups in total. The molecule has 0 saturated carbocycles. The molecular formula is C17H23N3O. The first-order chi connectivity index (χ1) is 9.99. The Hall–Kier alpha value is -1.81. The quantitative estimate of drug-likeness (QED) is 0.921. The van der Waals surface area contributed by atoms with E-state index in [-0.39, 0.29) is 18.0 Å². The van der Waals surface area contributed by atoms with Gasteiger partial charge in [-0.3, -0.25) is 4.79 Å². The smallest absolute Gasteiger partial charge is 0.237 e. The summed E-state index contributed by atoms with van der Waals surface area (Å²) in [5.74, 6) is 0.198. The zero-order valence-corrected chi connectivity index (χ0v) is 13.2. The van der Waals surface area contributed by atoms with Crippen LogP contribution in [0.5, 0.6) is 0 Å². The number of hydrogen-bond donors (Lipinski definition) is 1. The van der Waals surface area contributed by atoms with E-state index >= 15 is 0 Å². The molecule has 2 atom stereocenters. The number of nitrogens with zero attached hydrogens (tertiary/aromatic N) is 2. The lowest BCUT2D eigenvalue weighted by atomic mass is 9.93. The largest absolute Gasteiger partial charge is 0.356 e. The van der Waals surface area contributed by atoms with Gasteiger partial charge in [0.2, 0.25) is 5.91 Å². The monoisotopic (exact) mass is 285 g/mol. The van der Waals surface area contributed by atoms with E-state index in [1.54, 1.807) is 0 Å². The highest BCUT2D eigenvalue weighted by Gasteiger charge is 2.34. The maximum atomic E-state index is 12.5. The van der Waals surface area contributed by atoms with E-state index in [1.807, 2.05) is 30.0 Å². The number of carbonyl (C=O) groups excluding carboxylic acids is 1. The lowest BCUT2D eigenvalue weighted by molar-refractivity contribution is -0.137. The minimum absolute atomic E-state index is 0.101. The van der Waals surface area contributed by atoms with Crippen molar-refractivity contribution in [3.05, 3.63) is 35.5 Å². The summed E-state index contributed by atoms with van der Waals surface area (Å²) in [6, 6.07) is 8.74. The molecule has 1 amide bonds. The fourth-order valence-electron chi connectivity index (χ4n) is 3.53. The molecule has 0 aliphatic carbocycles. The van der Waals surface area contributed by atoms with Crippen molar-refractivity contribution in [1.82, 2.24) is 14.8 Å². The second kappa shape index (κ2) is 5.19. The van der Waals surface area contributed by atoms with Gasteiger partial charge >= 0.3 is 0 Å². The molecule has 21 heavy (non-hydrogen) atoms. The molecule has 0 bridgehead atoms. The zero-order valence-electron chi connectivity index (χ0n) is 13.2. The van der Waals surface area contributed by atoms with Crippen LogP contribution in [-0.2, 0) is 11.2 Å². The zero-order chi connectivity index (χ0) is 15.1. The van der Waals surface area contributed by atoms with E-state index in [0.717, 1.165) is 6.42 Å². The molecule has 0 saturated heterocycles. The Morgan fingerprint density at radius 2 is 2.05 bits per heavy atom. The lowest BCUT2D eigenvalue weighted by Crippen LogP contribution is -2.48. The van der Waals surface area contributed by atoms with Crippen LogP contribution in [-0.4, -0.2) is 47.4 Å². The number of nitrogens with one attached hydrogen (secondary N) is 1. The summed E-state index contributed by atoms with van der Waals surface area (Å²) in [5, 5.41) is 1.30. The van der Waals surface area contributed by atoms with E-state index in [2.05, 4.69) is 37.0 Å². The van der Waals surface area contributed by atoms with Crippen LogP contribution >= 0.6 is 0 Å². The third-order valence-corrected chi connectivity index (χ3v) is 4.40. The molecule has 0 radical (unpaired) electrons. The SMILES string of the molecule is C[C@@H]1Cc2c([nH]c3ccccc23)[C@@H](C)N1C(=O)CN(C)C. The number of aromatic nitrogens is 1. The Balaban J connectivity index is 2.01. The number of para-hydroxylation sites is 1. The van der Waals surface area contributed by atoms with Crippen molar-refractivity contribution in [3.8, 4) is 0 Å². The summed E-state index contributed by atoms with van der Waals surface area (Å²) < 4.78 is 0. The first kappa shape index (κ1) is 14.1. The predicted octanol–water partition coefficient (Wildman–Crippen LogP) is 2.56. The van der Waals surface area contributed by atoms with Crippen LogP contribution < -0.4 is 0 Å². The van der Waals surface area contributed by atoms with E-state index in [4.69, 9.17) is 0 Å². The molecule has 0 spiro atoms. The maximum Gasteiger partial charge on any atom is 0.237 e. The molecule has 1 aliphatic rings. The van der Waals surface area contributed by atoms with E-state index in [1.165, 1.54) is 22.2 Å². The molecular weight excluding hydrogens is 262 g/mol. The number of aromatic amines is 1. The van der Waals surface area contributed by atoms with Crippen LogP contribution in [0, 0.1) is 0 Å². The second-order valence-corrected chi connectivity index (χ2v) is 6.33. The summed E-state index contributed by atoms with van der Waals surface area (Å²) >= 11 is 0. The second-order valence-electron chi connectivity index (χ2n) is 6.33. The predicted molar refractivity (Wildman–Crippen MR) is 85.3 cm³/mol. The van der Waals surface area contributed by atoms with Gasteiger partial charge in [0, 0.05) is 22.6 Å². The van der Waals surface area contributed by atoms with Crippen LogP contribution in [0.3, 0.4) is 0 Å². The highest BCUT2D eigenvalue weighted by Crippen LogP contribution is 2.36. The molecule has 2 heterocycles. The third-order valence-electron chi connectivity index (χ3n) is 4.40. The van der Waals surface area contributed by atoms with Gasteiger partial charge in [0.15, 0.2) is 0 Å². The molecule has 0 unspecified atom stereocenters. The fraction of sp³-hybridized carbons (Fsp3) is 0.471. The van der Waals surface area contributed by atoms with Gasteiger partial charge in [-0.15, -0.1) is 0 Å². The molecule has 4 heteroatoms. The van der Waals surface area contributed by atoms with E-state index in [0.29, 0.717) is 6.54 Å². The first-order valence-electron chi connectivity index (χ1n) is 7.54. The summed E-state index contributed by atoms with van der Waals surface area (Å²) in [6.07, 6.45) is 0.919. The van der Waals surface area contributed by atoms with Crippen molar-refractivity contribution < 1.29 is 4.79 Å². The number of likely N-dealkylation sites (N-methyl/N-ethyl adjacent to an activating group) is 1. The Morgan fingerprint density at radius 3 is 2.76 bits per heavy atom. The molecule has 1 aromatic carbocycles. The average Bonchev–Trinajstić information content (AvgIpc) is 2.77. The van der Waals surface area contributed by atoms with Gasteiger partial charge < -0.3 is 14.8 Å². The van der Waals surface area contributed by atoms with Crippen molar-refractivity contribution in [2.24, 2.45) is 0 Å². The standard InChI is InChI=1S/C17H23N3O/c1-11-9-14-13-7-5-6-8-15(13)18-17(14)12(2)20(11)16(21)10-19(3)4/h5-8,11-12,18H,9-10H2,1-4H3/t11-,12-/m1/s1. The number of carbonyl (C=O) groups is 1. The molecule has 4 nitrogen and oxygen atoms in total. The van der Waals surface area contributed by atoms with E-state index < -0.39 is 0 Å². The Bertz CT molecular complexity index is 674. The molecule has 0 fully saturated rings. The number of benzene rings is 1. The molecule has 3 rings (SSSR count). The van der Waals surface area contributed by atoms with Crippen LogP contribution in [0.1, 0.15) is 31.1 Å². The van der Waals surface area contributed by atoms with Gasteiger partial charge in [-0.25, -0.2) is 0 Å². The summed E-state index contributed by atoms with van der Waals surface area (Å²) in [6.45, 7) is 4.73. The van der Waals surface area contributed by atoms with Crippen molar-refractivity contribution in [2.75, 3.05) is 20.6 Å². The van der Waals surface area contributed by atoms with Crippen molar-refractivity contribution in [1.29, 1.82) is 0 Å². The number of H-pyrrole nitrogens is 1. The minimum atomic E-state index is 0.101. The number of amides is 1. The van der Waals surface area contributed by atoms with Crippen LogP contribution in [0.2, 0.25) is 0 Å². The molecule has 112 valence electrons. The lowest BCUT2D eigenvalue weighted by Gasteiger charge is -2.39.